The molecule has 0 aromatic heterocycles. The van der Waals surface area contributed by atoms with Gasteiger partial charge in [0, 0.05) is 24.6 Å². The van der Waals surface area contributed by atoms with Gasteiger partial charge in [0.05, 0.1) is 0 Å². The lowest BCUT2D eigenvalue weighted by Crippen LogP contribution is -2.48. The Kier molecular flexibility index (Phi) is 2.77. The summed E-state index contributed by atoms with van der Waals surface area (Å²) >= 11 is 0. The van der Waals surface area contributed by atoms with E-state index < -0.39 is 5.60 Å². The normalized spacial score (nSPS) is 41.3. The molecular weight excluding hydrogens is 254 g/mol. The summed E-state index contributed by atoms with van der Waals surface area (Å²) in [5, 5.41) is 9.87. The standard InChI is InChI=1S/C16H27NO3/c1-14(2,3)20-13(19)17-7-10-6-11(17)12(10)16(9-18)8-15(16,4)5/h10-12,18H,6-9H2,1-5H3/t10-,11-,12?,16?/m0/s1. The quantitative estimate of drug-likeness (QED) is 0.846. The molecule has 2 bridgehead atoms. The number of nitrogens with zero attached hydrogens (tertiary/aromatic N) is 1. The van der Waals surface area contributed by atoms with Crippen molar-refractivity contribution >= 4 is 6.09 Å². The molecule has 4 atom stereocenters. The van der Waals surface area contributed by atoms with Gasteiger partial charge in [-0.15, -0.1) is 0 Å². The van der Waals surface area contributed by atoms with Gasteiger partial charge in [-0.2, -0.15) is 0 Å². The summed E-state index contributed by atoms with van der Waals surface area (Å²) in [6, 6.07) is 0.281. The van der Waals surface area contributed by atoms with E-state index in [0.29, 0.717) is 11.8 Å². The highest BCUT2D eigenvalue weighted by Crippen LogP contribution is 2.73. The van der Waals surface area contributed by atoms with Crippen molar-refractivity contribution in [3.8, 4) is 0 Å². The number of fused-ring (bicyclic) bond motifs is 1. The van der Waals surface area contributed by atoms with Crippen molar-refractivity contribution in [2.75, 3.05) is 13.2 Å². The molecule has 0 aromatic rings. The first kappa shape index (κ1) is 14.2. The average Bonchev–Trinajstić information content (AvgIpc) is 2.69. The molecule has 2 heterocycles. The third-order valence-electron chi connectivity index (χ3n) is 5.83. The molecule has 4 fully saturated rings. The lowest BCUT2D eigenvalue weighted by Gasteiger charge is -2.43. The Morgan fingerprint density at radius 2 is 2.00 bits per heavy atom. The van der Waals surface area contributed by atoms with E-state index in [1.54, 1.807) is 0 Å². The third kappa shape index (κ3) is 1.80. The summed E-state index contributed by atoms with van der Waals surface area (Å²) in [4.78, 5) is 14.2. The first-order valence-electron chi connectivity index (χ1n) is 7.72. The minimum absolute atomic E-state index is 0.0390. The number of rotatable bonds is 2. The van der Waals surface area contributed by atoms with Crippen LogP contribution in [0.2, 0.25) is 0 Å². The number of amides is 1. The van der Waals surface area contributed by atoms with Gasteiger partial charge < -0.3 is 14.7 Å². The predicted molar refractivity (Wildman–Crippen MR) is 76.2 cm³/mol. The SMILES string of the molecule is CC(C)(C)OC(=O)N1C[C@@H]2C[C@H]1C2C1(CO)CC1(C)C. The Labute approximate surface area is 121 Å². The third-order valence-corrected chi connectivity index (χ3v) is 5.83. The summed E-state index contributed by atoms with van der Waals surface area (Å²) in [5.74, 6) is 1.02. The minimum atomic E-state index is -0.437. The molecule has 2 aliphatic carbocycles. The highest BCUT2D eigenvalue weighted by atomic mass is 16.6. The largest absolute Gasteiger partial charge is 0.444 e. The molecule has 1 amide bonds. The van der Waals surface area contributed by atoms with Crippen LogP contribution in [-0.4, -0.2) is 40.9 Å². The first-order chi connectivity index (χ1) is 9.11. The van der Waals surface area contributed by atoms with Gasteiger partial charge in [0.25, 0.3) is 0 Å². The molecule has 0 aromatic carbocycles. The van der Waals surface area contributed by atoms with E-state index in [-0.39, 0.29) is 29.6 Å². The summed E-state index contributed by atoms with van der Waals surface area (Å²) < 4.78 is 5.51. The van der Waals surface area contributed by atoms with Gasteiger partial charge in [0.2, 0.25) is 0 Å². The van der Waals surface area contributed by atoms with Crippen molar-refractivity contribution in [1.82, 2.24) is 4.90 Å². The smallest absolute Gasteiger partial charge is 0.410 e. The van der Waals surface area contributed by atoms with E-state index in [9.17, 15) is 9.90 Å². The van der Waals surface area contributed by atoms with Gasteiger partial charge in [0.15, 0.2) is 0 Å². The van der Waals surface area contributed by atoms with Crippen molar-refractivity contribution in [3.63, 3.8) is 0 Å². The Morgan fingerprint density at radius 1 is 1.40 bits per heavy atom. The Balaban J connectivity index is 1.71. The van der Waals surface area contributed by atoms with Gasteiger partial charge in [-0.05, 0) is 50.9 Å². The van der Waals surface area contributed by atoms with E-state index in [0.717, 1.165) is 19.4 Å². The average molecular weight is 281 g/mol. The van der Waals surface area contributed by atoms with E-state index in [2.05, 4.69) is 13.8 Å². The lowest BCUT2D eigenvalue weighted by molar-refractivity contribution is -0.00180. The fourth-order valence-electron chi connectivity index (χ4n) is 4.66. The second-order valence-electron chi connectivity index (χ2n) is 8.60. The Bertz CT molecular complexity index is 439. The van der Waals surface area contributed by atoms with Crippen LogP contribution in [0.25, 0.3) is 0 Å². The number of aliphatic hydroxyl groups excluding tert-OH is 1. The van der Waals surface area contributed by atoms with Crippen LogP contribution in [0.1, 0.15) is 47.5 Å². The maximum absolute atomic E-state index is 12.3. The van der Waals surface area contributed by atoms with Crippen molar-refractivity contribution in [3.05, 3.63) is 0 Å². The van der Waals surface area contributed by atoms with Crippen molar-refractivity contribution < 1.29 is 14.6 Å². The van der Waals surface area contributed by atoms with Crippen LogP contribution >= 0.6 is 0 Å². The second kappa shape index (κ2) is 3.90. The van der Waals surface area contributed by atoms with E-state index in [1.165, 1.54) is 0 Å². The highest BCUT2D eigenvalue weighted by Gasteiger charge is 2.73. The monoisotopic (exact) mass is 281 g/mol. The number of hydrogen-bond acceptors (Lipinski definition) is 3. The van der Waals surface area contributed by atoms with Crippen LogP contribution in [0.3, 0.4) is 0 Å². The van der Waals surface area contributed by atoms with Crippen LogP contribution < -0.4 is 0 Å². The summed E-state index contributed by atoms with van der Waals surface area (Å²) in [6.07, 6.45) is 1.98. The molecule has 4 heteroatoms. The van der Waals surface area contributed by atoms with Crippen molar-refractivity contribution in [2.45, 2.75) is 59.1 Å². The Morgan fingerprint density at radius 3 is 2.45 bits per heavy atom. The molecule has 1 N–H and O–H groups in total. The van der Waals surface area contributed by atoms with Crippen LogP contribution in [0.4, 0.5) is 4.79 Å². The fraction of sp³-hybridized carbons (Fsp3) is 0.938. The van der Waals surface area contributed by atoms with Gasteiger partial charge in [0.1, 0.15) is 5.60 Å². The van der Waals surface area contributed by atoms with E-state index >= 15 is 0 Å². The predicted octanol–water partition coefficient (Wildman–Crippen LogP) is 2.65. The number of ether oxygens (including phenoxy) is 1. The van der Waals surface area contributed by atoms with Crippen molar-refractivity contribution in [1.29, 1.82) is 0 Å². The van der Waals surface area contributed by atoms with E-state index in [4.69, 9.17) is 4.74 Å². The summed E-state index contributed by atoms with van der Waals surface area (Å²) in [5.41, 5.74) is -0.183. The van der Waals surface area contributed by atoms with Crippen LogP contribution in [0.15, 0.2) is 0 Å². The van der Waals surface area contributed by atoms with Gasteiger partial charge in [-0.1, -0.05) is 13.8 Å². The molecule has 4 rings (SSSR count). The number of carbonyl (C=O) groups excluding carboxylic acids is 1. The van der Waals surface area contributed by atoms with Crippen LogP contribution in [-0.2, 0) is 4.74 Å². The molecule has 20 heavy (non-hydrogen) atoms. The van der Waals surface area contributed by atoms with Crippen LogP contribution in [0.5, 0.6) is 0 Å². The fourth-order valence-corrected chi connectivity index (χ4v) is 4.66. The lowest BCUT2D eigenvalue weighted by atomic mass is 9.63. The van der Waals surface area contributed by atoms with Gasteiger partial charge >= 0.3 is 6.09 Å². The molecule has 2 saturated heterocycles. The molecule has 0 spiro atoms. The number of hydrogen-bond donors (Lipinski definition) is 1. The molecule has 0 radical (unpaired) electrons. The highest BCUT2D eigenvalue weighted by molar-refractivity contribution is 5.70. The number of aliphatic hydroxyl groups is 1. The minimum Gasteiger partial charge on any atom is -0.444 e. The topological polar surface area (TPSA) is 49.8 Å². The molecule has 114 valence electrons. The Hall–Kier alpha value is -0.770. The van der Waals surface area contributed by atoms with Crippen LogP contribution in [0, 0.1) is 22.7 Å². The van der Waals surface area contributed by atoms with Gasteiger partial charge in [-0.25, -0.2) is 4.79 Å². The zero-order chi connectivity index (χ0) is 14.9. The molecule has 4 aliphatic rings. The molecule has 2 saturated carbocycles. The summed E-state index contributed by atoms with van der Waals surface area (Å²) in [7, 11) is 0. The molecular formula is C16H27NO3. The molecule has 2 aliphatic heterocycles. The number of carbonyl (C=O) groups is 1. The second-order valence-corrected chi connectivity index (χ2v) is 8.60. The zero-order valence-corrected chi connectivity index (χ0v) is 13.3. The zero-order valence-electron chi connectivity index (χ0n) is 13.3. The maximum atomic E-state index is 12.3. The van der Waals surface area contributed by atoms with Gasteiger partial charge in [-0.3, -0.25) is 0 Å². The molecule has 2 unspecified atom stereocenters. The first-order valence-corrected chi connectivity index (χ1v) is 7.72. The van der Waals surface area contributed by atoms with E-state index in [1.807, 2.05) is 25.7 Å². The summed E-state index contributed by atoms with van der Waals surface area (Å²) in [6.45, 7) is 11.2. The van der Waals surface area contributed by atoms with Crippen molar-refractivity contribution in [2.24, 2.45) is 22.7 Å². The maximum Gasteiger partial charge on any atom is 0.410 e. The molecule has 4 nitrogen and oxygen atoms in total.